The number of hydrogen-bond acceptors (Lipinski definition) is 3. The van der Waals surface area contributed by atoms with Crippen LogP contribution in [0.15, 0.2) is 52.9 Å². The number of nitrogens with zero attached hydrogens (tertiary/aromatic N) is 1. The minimum atomic E-state index is 0.580. The highest BCUT2D eigenvalue weighted by Crippen LogP contribution is 2.27. The third-order valence-electron chi connectivity index (χ3n) is 3.17. The van der Waals surface area contributed by atoms with Crippen molar-refractivity contribution < 1.29 is 4.42 Å². The number of benzene rings is 2. The van der Waals surface area contributed by atoms with E-state index < -0.39 is 0 Å². The molecule has 0 radical (unpaired) electrons. The fraction of sp³-hybridized carbons (Fsp3) is 0. The molecular weight excluding hydrogens is 238 g/mol. The minimum Gasteiger partial charge on any atom is -0.435 e. The first kappa shape index (κ1) is 10.2. The number of fused-ring (bicyclic) bond motifs is 2. The van der Waals surface area contributed by atoms with Gasteiger partial charge in [0.2, 0.25) is 5.89 Å². The van der Waals surface area contributed by atoms with Crippen molar-refractivity contribution in [3.63, 3.8) is 0 Å². The van der Waals surface area contributed by atoms with E-state index in [1.165, 1.54) is 0 Å². The van der Waals surface area contributed by atoms with Gasteiger partial charge in [0.1, 0.15) is 11.2 Å². The average molecular weight is 249 g/mol. The summed E-state index contributed by atoms with van der Waals surface area (Å²) in [5.41, 5.74) is 9.86. The topological polar surface area (TPSA) is 67.8 Å². The Morgan fingerprint density at radius 2 is 1.95 bits per heavy atom. The number of oxazole rings is 1. The molecule has 4 nitrogen and oxygen atoms in total. The first-order valence-corrected chi connectivity index (χ1v) is 6.04. The van der Waals surface area contributed by atoms with Crippen LogP contribution in [0.5, 0.6) is 0 Å². The molecule has 0 bridgehead atoms. The Hall–Kier alpha value is -2.75. The SMILES string of the molecule is Nc1ccc2nc(-c3cc4ccccc4[nH]3)oc2c1. The summed E-state index contributed by atoms with van der Waals surface area (Å²) in [4.78, 5) is 7.77. The Morgan fingerprint density at radius 3 is 2.84 bits per heavy atom. The van der Waals surface area contributed by atoms with E-state index in [0.29, 0.717) is 17.2 Å². The highest BCUT2D eigenvalue weighted by molar-refractivity contribution is 5.86. The summed E-state index contributed by atoms with van der Waals surface area (Å²) in [5.74, 6) is 0.580. The van der Waals surface area contributed by atoms with Crippen molar-refractivity contribution in [2.45, 2.75) is 0 Å². The van der Waals surface area contributed by atoms with Crippen molar-refractivity contribution in [3.8, 4) is 11.6 Å². The van der Waals surface area contributed by atoms with Crippen molar-refractivity contribution in [2.24, 2.45) is 0 Å². The molecule has 0 fully saturated rings. The summed E-state index contributed by atoms with van der Waals surface area (Å²) in [7, 11) is 0. The summed E-state index contributed by atoms with van der Waals surface area (Å²) < 4.78 is 5.74. The number of nitrogens with two attached hydrogens (primary N) is 1. The molecular formula is C15H11N3O. The Morgan fingerprint density at radius 1 is 1.05 bits per heavy atom. The smallest absolute Gasteiger partial charge is 0.244 e. The fourth-order valence-electron chi connectivity index (χ4n) is 2.24. The normalized spacial score (nSPS) is 11.4. The number of aromatic nitrogens is 2. The Labute approximate surface area is 108 Å². The highest BCUT2D eigenvalue weighted by atomic mass is 16.3. The van der Waals surface area contributed by atoms with Crippen molar-refractivity contribution in [1.29, 1.82) is 0 Å². The van der Waals surface area contributed by atoms with E-state index in [1.54, 1.807) is 6.07 Å². The summed E-state index contributed by atoms with van der Waals surface area (Å²) >= 11 is 0. The maximum Gasteiger partial charge on any atom is 0.244 e. The second-order valence-electron chi connectivity index (χ2n) is 4.52. The standard InChI is InChI=1S/C15H11N3O/c16-10-5-6-12-14(8-10)19-15(18-12)13-7-9-3-1-2-4-11(9)17-13/h1-8,17H,16H2. The summed E-state index contributed by atoms with van der Waals surface area (Å²) in [6.45, 7) is 0. The zero-order valence-electron chi connectivity index (χ0n) is 10.1. The van der Waals surface area contributed by atoms with E-state index in [4.69, 9.17) is 10.2 Å². The minimum absolute atomic E-state index is 0.580. The van der Waals surface area contributed by atoms with Crippen LogP contribution in [0, 0.1) is 0 Å². The van der Waals surface area contributed by atoms with Gasteiger partial charge in [0, 0.05) is 22.7 Å². The number of anilines is 1. The average Bonchev–Trinajstić information content (AvgIpc) is 3.00. The monoisotopic (exact) mass is 249 g/mol. The van der Waals surface area contributed by atoms with Gasteiger partial charge >= 0.3 is 0 Å². The van der Waals surface area contributed by atoms with Gasteiger partial charge in [0.25, 0.3) is 0 Å². The molecule has 0 amide bonds. The molecule has 4 heteroatoms. The van der Waals surface area contributed by atoms with Gasteiger partial charge in [-0.25, -0.2) is 4.98 Å². The second-order valence-corrected chi connectivity index (χ2v) is 4.52. The number of para-hydroxylation sites is 1. The lowest BCUT2D eigenvalue weighted by Crippen LogP contribution is -1.81. The molecule has 0 aliphatic heterocycles. The molecule has 92 valence electrons. The second kappa shape index (κ2) is 3.62. The van der Waals surface area contributed by atoms with Crippen LogP contribution in [0.1, 0.15) is 0 Å². The Balaban J connectivity index is 1.93. The number of nitrogen functional groups attached to an aromatic ring is 1. The van der Waals surface area contributed by atoms with Crippen LogP contribution < -0.4 is 5.73 Å². The number of nitrogens with one attached hydrogen (secondary N) is 1. The van der Waals surface area contributed by atoms with Crippen molar-refractivity contribution in [1.82, 2.24) is 9.97 Å². The molecule has 2 heterocycles. The molecule has 2 aromatic carbocycles. The number of rotatable bonds is 1. The molecule has 0 atom stereocenters. The lowest BCUT2D eigenvalue weighted by molar-refractivity contribution is 0.618. The predicted molar refractivity (Wildman–Crippen MR) is 75.7 cm³/mol. The van der Waals surface area contributed by atoms with Crippen molar-refractivity contribution >= 4 is 27.7 Å². The maximum atomic E-state index is 5.74. The Kier molecular flexibility index (Phi) is 1.94. The molecule has 0 saturated carbocycles. The van der Waals surface area contributed by atoms with E-state index >= 15 is 0 Å². The fourth-order valence-corrected chi connectivity index (χ4v) is 2.24. The first-order chi connectivity index (χ1) is 9.29. The highest BCUT2D eigenvalue weighted by Gasteiger charge is 2.10. The molecule has 3 N–H and O–H groups in total. The molecule has 19 heavy (non-hydrogen) atoms. The van der Waals surface area contributed by atoms with E-state index in [9.17, 15) is 0 Å². The molecule has 0 saturated heterocycles. The van der Waals surface area contributed by atoms with Gasteiger partial charge in [-0.3, -0.25) is 0 Å². The molecule has 2 aromatic heterocycles. The molecule has 0 aliphatic carbocycles. The van der Waals surface area contributed by atoms with E-state index in [1.807, 2.05) is 36.4 Å². The van der Waals surface area contributed by atoms with Crippen LogP contribution in [-0.2, 0) is 0 Å². The number of aromatic amines is 1. The van der Waals surface area contributed by atoms with Gasteiger partial charge in [0.15, 0.2) is 5.58 Å². The number of H-pyrrole nitrogens is 1. The van der Waals surface area contributed by atoms with E-state index in [2.05, 4.69) is 16.0 Å². The molecule has 4 rings (SSSR count). The lowest BCUT2D eigenvalue weighted by atomic mass is 10.2. The van der Waals surface area contributed by atoms with Gasteiger partial charge in [-0.2, -0.15) is 0 Å². The predicted octanol–water partition coefficient (Wildman–Crippen LogP) is 3.56. The van der Waals surface area contributed by atoms with Crippen molar-refractivity contribution in [3.05, 3.63) is 48.5 Å². The molecule has 4 aromatic rings. The summed E-state index contributed by atoms with van der Waals surface area (Å²) in [6.07, 6.45) is 0. The summed E-state index contributed by atoms with van der Waals surface area (Å²) in [6, 6.07) is 15.6. The van der Waals surface area contributed by atoms with Crippen LogP contribution in [-0.4, -0.2) is 9.97 Å². The summed E-state index contributed by atoms with van der Waals surface area (Å²) in [5, 5.41) is 1.14. The molecule has 0 aliphatic rings. The maximum absolute atomic E-state index is 5.74. The van der Waals surface area contributed by atoms with Gasteiger partial charge in [-0.15, -0.1) is 0 Å². The quantitative estimate of drug-likeness (QED) is 0.507. The first-order valence-electron chi connectivity index (χ1n) is 6.04. The van der Waals surface area contributed by atoms with E-state index in [0.717, 1.165) is 22.1 Å². The van der Waals surface area contributed by atoms with Gasteiger partial charge in [0.05, 0.1) is 0 Å². The molecule has 0 unspecified atom stereocenters. The third-order valence-corrected chi connectivity index (χ3v) is 3.17. The van der Waals surface area contributed by atoms with Crippen LogP contribution >= 0.6 is 0 Å². The van der Waals surface area contributed by atoms with Crippen LogP contribution in [0.2, 0.25) is 0 Å². The van der Waals surface area contributed by atoms with E-state index in [-0.39, 0.29) is 0 Å². The van der Waals surface area contributed by atoms with Crippen molar-refractivity contribution in [2.75, 3.05) is 5.73 Å². The van der Waals surface area contributed by atoms with Crippen LogP contribution in [0.3, 0.4) is 0 Å². The van der Waals surface area contributed by atoms with Crippen LogP contribution in [0.25, 0.3) is 33.6 Å². The van der Waals surface area contributed by atoms with Crippen LogP contribution in [0.4, 0.5) is 5.69 Å². The van der Waals surface area contributed by atoms with Gasteiger partial charge < -0.3 is 15.1 Å². The Bertz CT molecular complexity index is 856. The lowest BCUT2D eigenvalue weighted by Gasteiger charge is -1.88. The zero-order valence-corrected chi connectivity index (χ0v) is 10.1. The molecule has 0 spiro atoms. The zero-order chi connectivity index (χ0) is 12.8. The van der Waals surface area contributed by atoms with Gasteiger partial charge in [-0.05, 0) is 24.3 Å². The largest absolute Gasteiger partial charge is 0.435 e. The number of hydrogen-bond donors (Lipinski definition) is 2. The third kappa shape index (κ3) is 1.57. The van der Waals surface area contributed by atoms with Gasteiger partial charge in [-0.1, -0.05) is 18.2 Å².